The molecular weight excluding hydrogens is 364 g/mol. The molecule has 1 atom stereocenters. The molecule has 0 saturated carbocycles. The molecule has 2 aliphatic rings. The van der Waals surface area contributed by atoms with Gasteiger partial charge in [0.15, 0.2) is 5.13 Å². The molecule has 3 heterocycles. The Morgan fingerprint density at radius 3 is 2.96 bits per heavy atom. The zero-order chi connectivity index (χ0) is 18.8. The first-order valence-electron chi connectivity index (χ1n) is 9.11. The highest BCUT2D eigenvalue weighted by Gasteiger charge is 2.26. The summed E-state index contributed by atoms with van der Waals surface area (Å²) in [5.41, 5.74) is 3.48. The van der Waals surface area contributed by atoms with Crippen molar-refractivity contribution >= 4 is 34.0 Å². The average molecular weight is 386 g/mol. The number of hydrogen-bond acceptors (Lipinski definition) is 6. The fraction of sp³-hybridized carbons (Fsp3) is 0.421. The van der Waals surface area contributed by atoms with Gasteiger partial charge in [-0.15, -0.1) is 11.3 Å². The third-order valence-corrected chi connectivity index (χ3v) is 5.79. The standard InChI is InChI=1S/C19H22N4O3S/c1-20-19-22-15(11-27-19)18(25)23-7-6-12-4-5-14(9-13(12)10-23)21-17(24)16-3-2-8-26-16/h4-5,9,11,16H,2-3,6-8,10H2,1H3,(H,20,22)(H,21,24). The second-order valence-corrected chi connectivity index (χ2v) is 7.60. The summed E-state index contributed by atoms with van der Waals surface area (Å²) in [7, 11) is 1.79. The van der Waals surface area contributed by atoms with Gasteiger partial charge in [-0.1, -0.05) is 6.07 Å². The van der Waals surface area contributed by atoms with Crippen molar-refractivity contribution in [2.45, 2.75) is 31.9 Å². The van der Waals surface area contributed by atoms with E-state index in [-0.39, 0.29) is 17.9 Å². The van der Waals surface area contributed by atoms with Crippen molar-refractivity contribution in [2.75, 3.05) is 30.8 Å². The van der Waals surface area contributed by atoms with Crippen LogP contribution in [-0.4, -0.2) is 48.0 Å². The molecule has 2 N–H and O–H groups in total. The Balaban J connectivity index is 1.46. The van der Waals surface area contributed by atoms with Gasteiger partial charge in [-0.05, 0) is 42.5 Å². The zero-order valence-electron chi connectivity index (χ0n) is 15.2. The molecule has 1 saturated heterocycles. The van der Waals surface area contributed by atoms with E-state index in [4.69, 9.17) is 4.74 Å². The molecule has 0 radical (unpaired) electrons. The molecule has 27 heavy (non-hydrogen) atoms. The second-order valence-electron chi connectivity index (χ2n) is 6.74. The van der Waals surface area contributed by atoms with Crippen LogP contribution >= 0.6 is 11.3 Å². The first kappa shape index (κ1) is 17.9. The molecule has 2 aliphatic heterocycles. The Morgan fingerprint density at radius 2 is 2.22 bits per heavy atom. The minimum atomic E-state index is -0.356. The van der Waals surface area contributed by atoms with Gasteiger partial charge in [0.2, 0.25) is 0 Å². The number of fused-ring (bicyclic) bond motifs is 1. The van der Waals surface area contributed by atoms with Crippen molar-refractivity contribution in [1.82, 2.24) is 9.88 Å². The van der Waals surface area contributed by atoms with E-state index in [9.17, 15) is 9.59 Å². The van der Waals surface area contributed by atoms with Crippen LogP contribution in [0, 0.1) is 0 Å². The normalized spacial score (nSPS) is 18.9. The van der Waals surface area contributed by atoms with Gasteiger partial charge >= 0.3 is 0 Å². The number of hydrogen-bond donors (Lipinski definition) is 2. The van der Waals surface area contributed by atoms with Crippen molar-refractivity contribution < 1.29 is 14.3 Å². The van der Waals surface area contributed by atoms with E-state index < -0.39 is 0 Å². The first-order valence-corrected chi connectivity index (χ1v) is 9.99. The van der Waals surface area contributed by atoms with E-state index in [0.29, 0.717) is 25.4 Å². The van der Waals surface area contributed by atoms with Crippen LogP contribution in [0.1, 0.15) is 34.5 Å². The number of nitrogens with zero attached hydrogens (tertiary/aromatic N) is 2. The van der Waals surface area contributed by atoms with Gasteiger partial charge < -0.3 is 20.3 Å². The maximum atomic E-state index is 12.7. The summed E-state index contributed by atoms with van der Waals surface area (Å²) in [5.74, 6) is -0.162. The topological polar surface area (TPSA) is 83.6 Å². The third kappa shape index (κ3) is 3.81. The number of rotatable bonds is 4. The number of aromatic nitrogens is 1. The smallest absolute Gasteiger partial charge is 0.273 e. The monoisotopic (exact) mass is 386 g/mol. The van der Waals surface area contributed by atoms with Crippen LogP contribution in [0.4, 0.5) is 10.8 Å². The predicted octanol–water partition coefficient (Wildman–Crippen LogP) is 2.50. The number of carbonyl (C=O) groups excluding carboxylic acids is 2. The quantitative estimate of drug-likeness (QED) is 0.844. The summed E-state index contributed by atoms with van der Waals surface area (Å²) < 4.78 is 5.43. The minimum Gasteiger partial charge on any atom is -0.368 e. The molecule has 8 heteroatoms. The summed E-state index contributed by atoms with van der Waals surface area (Å²) in [5, 5.41) is 8.40. The number of anilines is 2. The molecule has 0 spiro atoms. The van der Waals surface area contributed by atoms with Crippen molar-refractivity contribution in [1.29, 1.82) is 0 Å². The summed E-state index contributed by atoms with van der Waals surface area (Å²) in [6.07, 6.45) is 2.13. The summed E-state index contributed by atoms with van der Waals surface area (Å²) in [6.45, 7) is 1.83. The summed E-state index contributed by atoms with van der Waals surface area (Å²) in [4.78, 5) is 31.1. The lowest BCUT2D eigenvalue weighted by Gasteiger charge is -2.28. The molecule has 7 nitrogen and oxygen atoms in total. The predicted molar refractivity (Wildman–Crippen MR) is 104 cm³/mol. The van der Waals surface area contributed by atoms with Crippen LogP contribution in [0.25, 0.3) is 0 Å². The zero-order valence-corrected chi connectivity index (χ0v) is 16.0. The number of amides is 2. The highest BCUT2D eigenvalue weighted by Crippen LogP contribution is 2.25. The number of nitrogens with one attached hydrogen (secondary N) is 2. The van der Waals surface area contributed by atoms with Crippen LogP contribution in [0.5, 0.6) is 0 Å². The molecular formula is C19H22N4O3S. The second kappa shape index (κ2) is 7.66. The van der Waals surface area contributed by atoms with Crippen molar-refractivity contribution in [2.24, 2.45) is 0 Å². The molecule has 0 aliphatic carbocycles. The highest BCUT2D eigenvalue weighted by molar-refractivity contribution is 7.13. The molecule has 2 aromatic rings. The molecule has 1 unspecified atom stereocenters. The number of ether oxygens (including phenoxy) is 1. The Hall–Kier alpha value is -2.45. The maximum Gasteiger partial charge on any atom is 0.273 e. The minimum absolute atomic E-state index is 0.0628. The fourth-order valence-electron chi connectivity index (χ4n) is 3.46. The molecule has 2 amide bonds. The van der Waals surface area contributed by atoms with Crippen LogP contribution in [-0.2, 0) is 22.5 Å². The van der Waals surface area contributed by atoms with E-state index in [1.807, 2.05) is 23.1 Å². The molecule has 0 bridgehead atoms. The lowest BCUT2D eigenvalue weighted by Crippen LogP contribution is -2.36. The lowest BCUT2D eigenvalue weighted by molar-refractivity contribution is -0.124. The van der Waals surface area contributed by atoms with Gasteiger partial charge in [-0.3, -0.25) is 9.59 Å². The van der Waals surface area contributed by atoms with Gasteiger partial charge in [-0.2, -0.15) is 0 Å². The van der Waals surface area contributed by atoms with Gasteiger partial charge in [0.25, 0.3) is 11.8 Å². The average Bonchev–Trinajstić information content (AvgIpc) is 3.38. The Labute approximate surface area is 161 Å². The van der Waals surface area contributed by atoms with E-state index in [1.54, 1.807) is 12.4 Å². The van der Waals surface area contributed by atoms with E-state index >= 15 is 0 Å². The van der Waals surface area contributed by atoms with Gasteiger partial charge in [-0.25, -0.2) is 4.98 Å². The SMILES string of the molecule is CNc1nc(C(=O)N2CCc3ccc(NC(=O)C4CCCO4)cc3C2)cs1. The van der Waals surface area contributed by atoms with Crippen LogP contribution in [0.2, 0.25) is 0 Å². The number of benzene rings is 1. The largest absolute Gasteiger partial charge is 0.368 e. The molecule has 1 aromatic heterocycles. The van der Waals surface area contributed by atoms with Gasteiger partial charge in [0, 0.05) is 37.8 Å². The lowest BCUT2D eigenvalue weighted by atomic mass is 9.98. The Morgan fingerprint density at radius 1 is 1.33 bits per heavy atom. The Kier molecular flexibility index (Phi) is 5.09. The van der Waals surface area contributed by atoms with Gasteiger partial charge in [0.1, 0.15) is 11.8 Å². The fourth-order valence-corrected chi connectivity index (χ4v) is 4.11. The van der Waals surface area contributed by atoms with E-state index in [2.05, 4.69) is 15.6 Å². The summed E-state index contributed by atoms with van der Waals surface area (Å²) >= 11 is 1.42. The Bertz CT molecular complexity index is 860. The van der Waals surface area contributed by atoms with Crippen molar-refractivity contribution in [3.8, 4) is 0 Å². The van der Waals surface area contributed by atoms with Crippen molar-refractivity contribution in [3.05, 3.63) is 40.4 Å². The van der Waals surface area contributed by atoms with E-state index in [1.165, 1.54) is 16.9 Å². The van der Waals surface area contributed by atoms with Crippen LogP contribution in [0.15, 0.2) is 23.6 Å². The van der Waals surface area contributed by atoms with E-state index in [0.717, 1.165) is 35.6 Å². The number of thiazole rings is 1. The van der Waals surface area contributed by atoms with Crippen LogP contribution < -0.4 is 10.6 Å². The van der Waals surface area contributed by atoms with Crippen molar-refractivity contribution in [3.63, 3.8) is 0 Å². The summed E-state index contributed by atoms with van der Waals surface area (Å²) in [6, 6.07) is 5.91. The molecule has 4 rings (SSSR count). The van der Waals surface area contributed by atoms with Gasteiger partial charge in [0.05, 0.1) is 0 Å². The molecule has 1 fully saturated rings. The number of carbonyl (C=O) groups is 2. The highest BCUT2D eigenvalue weighted by atomic mass is 32.1. The third-order valence-electron chi connectivity index (χ3n) is 4.93. The molecule has 142 valence electrons. The maximum absolute atomic E-state index is 12.7. The molecule has 1 aromatic carbocycles. The van der Waals surface area contributed by atoms with Crippen LogP contribution in [0.3, 0.4) is 0 Å². The first-order chi connectivity index (χ1) is 13.1.